The first kappa shape index (κ1) is 20.9. The monoisotopic (exact) mass is 403 g/mol. The number of anilines is 2. The zero-order valence-electron chi connectivity index (χ0n) is 15.0. The van der Waals surface area contributed by atoms with Crippen LogP contribution < -0.4 is 14.9 Å². The molecule has 0 saturated carbocycles. The zero-order chi connectivity index (χ0) is 20.2. The molecule has 0 aliphatic heterocycles. The number of alkyl halides is 3. The van der Waals surface area contributed by atoms with Gasteiger partial charge in [0.05, 0.1) is 5.75 Å². The summed E-state index contributed by atoms with van der Waals surface area (Å²) in [6.07, 6.45) is -4.58. The second-order valence-electron chi connectivity index (χ2n) is 5.96. The first-order valence-electron chi connectivity index (χ1n) is 7.86. The number of rotatable bonds is 7. The third kappa shape index (κ3) is 6.07. The van der Waals surface area contributed by atoms with Gasteiger partial charge in [0.25, 0.3) is 0 Å². The Labute approximate surface area is 155 Å². The molecule has 0 aliphatic rings. The molecule has 0 fully saturated rings. The molecule has 0 radical (unpaired) electrons. The first-order valence-corrected chi connectivity index (χ1v) is 9.52. The summed E-state index contributed by atoms with van der Waals surface area (Å²) in [7, 11) is 1.14. The Hall–Kier alpha value is -2.40. The van der Waals surface area contributed by atoms with Crippen molar-refractivity contribution in [2.24, 2.45) is 0 Å². The molecule has 27 heavy (non-hydrogen) atoms. The lowest BCUT2D eigenvalue weighted by Crippen LogP contribution is -2.20. The van der Waals surface area contributed by atoms with Gasteiger partial charge in [0.15, 0.2) is 5.69 Å². The van der Waals surface area contributed by atoms with Crippen LogP contribution in [0, 0.1) is 0 Å². The molecule has 2 rings (SSSR count). The summed E-state index contributed by atoms with van der Waals surface area (Å²) in [5.41, 5.74) is 0.308. The van der Waals surface area contributed by atoms with Crippen LogP contribution in [0.2, 0.25) is 0 Å². The number of aromatic nitrogens is 2. The minimum absolute atomic E-state index is 0.132. The lowest BCUT2D eigenvalue weighted by molar-refractivity contribution is -0.141. The molecule has 0 saturated heterocycles. The molecule has 2 N–H and O–H groups in total. The zero-order valence-corrected chi connectivity index (χ0v) is 15.8. The van der Waals surface area contributed by atoms with Gasteiger partial charge in [-0.1, -0.05) is 24.3 Å². The quantitative estimate of drug-likeness (QED) is 0.737. The highest BCUT2D eigenvalue weighted by Crippen LogP contribution is 2.30. The number of hydrogen-bond donors (Lipinski definition) is 2. The molecule has 0 atom stereocenters. The van der Waals surface area contributed by atoms with Crippen LogP contribution in [0.4, 0.5) is 24.9 Å². The van der Waals surface area contributed by atoms with Crippen LogP contribution in [0.1, 0.15) is 16.8 Å². The van der Waals surface area contributed by atoms with Gasteiger partial charge in [-0.3, -0.25) is 0 Å². The fourth-order valence-corrected chi connectivity index (χ4v) is 2.89. The van der Waals surface area contributed by atoms with E-state index in [1.807, 2.05) is 0 Å². The highest BCUT2D eigenvalue weighted by Gasteiger charge is 2.34. The number of halogens is 3. The van der Waals surface area contributed by atoms with E-state index in [4.69, 9.17) is 0 Å². The number of sulfonamides is 1. The molecular weight excluding hydrogens is 383 g/mol. The van der Waals surface area contributed by atoms with Crippen molar-refractivity contribution in [2.75, 3.05) is 31.4 Å². The molecular formula is C16H20F3N5O2S. The van der Waals surface area contributed by atoms with E-state index in [9.17, 15) is 21.6 Å². The van der Waals surface area contributed by atoms with Crippen molar-refractivity contribution in [3.05, 3.63) is 47.2 Å². The van der Waals surface area contributed by atoms with Gasteiger partial charge < -0.3 is 10.2 Å². The average Bonchev–Trinajstić information content (AvgIpc) is 2.60. The minimum atomic E-state index is -4.58. The van der Waals surface area contributed by atoms with E-state index in [-0.39, 0.29) is 24.1 Å². The number of benzene rings is 1. The van der Waals surface area contributed by atoms with Crippen molar-refractivity contribution in [1.82, 2.24) is 14.7 Å². The van der Waals surface area contributed by atoms with Crippen molar-refractivity contribution < 1.29 is 21.6 Å². The molecule has 1 heterocycles. The SMILES string of the molecule is CNS(=O)(=O)Cc1ccc(CNc2nc(N(C)C)cc(C(F)(F)F)n2)cc1. The lowest BCUT2D eigenvalue weighted by Gasteiger charge is -2.16. The normalized spacial score (nSPS) is 12.1. The number of nitrogens with one attached hydrogen (secondary N) is 2. The van der Waals surface area contributed by atoms with Gasteiger partial charge in [0, 0.05) is 26.7 Å². The standard InChI is InChI=1S/C16H20F3N5O2S/c1-20-27(25,26)10-12-6-4-11(5-7-12)9-21-15-22-13(16(17,18)19)8-14(23-15)24(2)3/h4-8,20H,9-10H2,1-3H3,(H,21,22,23). The van der Waals surface area contributed by atoms with Crippen molar-refractivity contribution in [3.8, 4) is 0 Å². The third-order valence-electron chi connectivity index (χ3n) is 3.60. The van der Waals surface area contributed by atoms with Gasteiger partial charge in [-0.05, 0) is 18.2 Å². The predicted molar refractivity (Wildman–Crippen MR) is 96.8 cm³/mol. The highest BCUT2D eigenvalue weighted by molar-refractivity contribution is 7.88. The van der Waals surface area contributed by atoms with E-state index in [0.29, 0.717) is 5.56 Å². The van der Waals surface area contributed by atoms with Crippen molar-refractivity contribution in [2.45, 2.75) is 18.5 Å². The second-order valence-corrected chi connectivity index (χ2v) is 7.89. The van der Waals surface area contributed by atoms with E-state index < -0.39 is 21.9 Å². The van der Waals surface area contributed by atoms with Crippen molar-refractivity contribution >= 4 is 21.8 Å². The Morgan fingerprint density at radius 2 is 1.67 bits per heavy atom. The summed E-state index contributed by atoms with van der Waals surface area (Å²) in [4.78, 5) is 9.03. The molecule has 1 aromatic carbocycles. The Morgan fingerprint density at radius 3 is 2.19 bits per heavy atom. The van der Waals surface area contributed by atoms with Gasteiger partial charge in [-0.15, -0.1) is 0 Å². The van der Waals surface area contributed by atoms with E-state index >= 15 is 0 Å². The summed E-state index contributed by atoms with van der Waals surface area (Å²) in [6.45, 7) is 0.188. The number of nitrogens with zero attached hydrogens (tertiary/aromatic N) is 3. The van der Waals surface area contributed by atoms with Crippen LogP contribution in [-0.2, 0) is 28.5 Å². The Kier molecular flexibility index (Phi) is 6.26. The van der Waals surface area contributed by atoms with E-state index in [1.165, 1.54) is 11.9 Å². The molecule has 0 amide bonds. The molecule has 11 heteroatoms. The van der Waals surface area contributed by atoms with Crippen LogP contribution in [-0.4, -0.2) is 39.5 Å². The predicted octanol–water partition coefficient (Wildman–Crippen LogP) is 2.22. The van der Waals surface area contributed by atoms with Gasteiger partial charge >= 0.3 is 6.18 Å². The maximum atomic E-state index is 13.0. The largest absolute Gasteiger partial charge is 0.433 e. The van der Waals surface area contributed by atoms with E-state index in [1.54, 1.807) is 38.4 Å². The summed E-state index contributed by atoms with van der Waals surface area (Å²) in [6, 6.07) is 7.54. The van der Waals surface area contributed by atoms with Crippen LogP contribution >= 0.6 is 0 Å². The van der Waals surface area contributed by atoms with Gasteiger partial charge in [0.1, 0.15) is 5.82 Å². The molecule has 148 valence electrons. The van der Waals surface area contributed by atoms with Gasteiger partial charge in [-0.2, -0.15) is 18.2 Å². The smallest absolute Gasteiger partial charge is 0.363 e. The molecule has 0 aliphatic carbocycles. The van der Waals surface area contributed by atoms with Crippen LogP contribution in [0.3, 0.4) is 0 Å². The van der Waals surface area contributed by atoms with Gasteiger partial charge in [-0.25, -0.2) is 18.1 Å². The molecule has 0 bridgehead atoms. The first-order chi connectivity index (χ1) is 12.5. The third-order valence-corrected chi connectivity index (χ3v) is 4.94. The summed E-state index contributed by atoms with van der Waals surface area (Å²) in [5, 5.41) is 2.77. The van der Waals surface area contributed by atoms with Crippen molar-refractivity contribution in [1.29, 1.82) is 0 Å². The minimum Gasteiger partial charge on any atom is -0.363 e. The summed E-state index contributed by atoms with van der Waals surface area (Å²) >= 11 is 0. The van der Waals surface area contributed by atoms with Crippen LogP contribution in [0.25, 0.3) is 0 Å². The molecule has 0 unspecified atom stereocenters. The maximum Gasteiger partial charge on any atom is 0.433 e. The van der Waals surface area contributed by atoms with Gasteiger partial charge in [0.2, 0.25) is 16.0 Å². The summed E-state index contributed by atoms with van der Waals surface area (Å²) < 4.78 is 64.3. The number of hydrogen-bond acceptors (Lipinski definition) is 6. The van der Waals surface area contributed by atoms with E-state index in [0.717, 1.165) is 11.6 Å². The molecule has 0 spiro atoms. The highest BCUT2D eigenvalue weighted by atomic mass is 32.2. The second kappa shape index (κ2) is 8.09. The topological polar surface area (TPSA) is 87.2 Å². The molecule has 2 aromatic rings. The van der Waals surface area contributed by atoms with Crippen LogP contribution in [0.15, 0.2) is 30.3 Å². The Bertz CT molecular complexity index is 884. The fraction of sp³-hybridized carbons (Fsp3) is 0.375. The van der Waals surface area contributed by atoms with Crippen molar-refractivity contribution in [3.63, 3.8) is 0 Å². The van der Waals surface area contributed by atoms with Crippen LogP contribution in [0.5, 0.6) is 0 Å². The Balaban J connectivity index is 2.13. The summed E-state index contributed by atoms with van der Waals surface area (Å²) in [5.74, 6) is -0.164. The fourth-order valence-electron chi connectivity index (χ4n) is 2.11. The molecule has 7 nitrogen and oxygen atoms in total. The lowest BCUT2D eigenvalue weighted by atomic mass is 10.1. The average molecular weight is 403 g/mol. The Morgan fingerprint density at radius 1 is 1.07 bits per heavy atom. The molecule has 1 aromatic heterocycles. The maximum absolute atomic E-state index is 13.0. The van der Waals surface area contributed by atoms with E-state index in [2.05, 4.69) is 20.0 Å².